The lowest BCUT2D eigenvalue weighted by molar-refractivity contribution is -0.129. The number of guanidine groups is 1. The molecule has 0 aromatic rings. The topological polar surface area (TPSA) is 60.0 Å². The van der Waals surface area contributed by atoms with Crippen LogP contribution in [0.1, 0.15) is 40.0 Å². The Morgan fingerprint density at radius 3 is 2.57 bits per heavy atom. The molecule has 0 aliphatic carbocycles. The Morgan fingerprint density at radius 1 is 1.30 bits per heavy atom. The van der Waals surface area contributed by atoms with Crippen LogP contribution < -0.4 is 10.6 Å². The van der Waals surface area contributed by atoms with Crippen LogP contribution in [0.2, 0.25) is 0 Å². The van der Waals surface area contributed by atoms with Crippen molar-refractivity contribution in [1.82, 2.24) is 20.4 Å². The van der Waals surface area contributed by atoms with E-state index in [1.54, 1.807) is 7.05 Å². The van der Waals surface area contributed by atoms with Crippen LogP contribution >= 0.6 is 24.0 Å². The molecular formula is C16H34IN5O. The van der Waals surface area contributed by atoms with Crippen molar-refractivity contribution < 1.29 is 4.79 Å². The quantitative estimate of drug-likeness (QED) is 0.261. The second kappa shape index (κ2) is 12.8. The summed E-state index contributed by atoms with van der Waals surface area (Å²) in [6.07, 6.45) is 2.68. The summed E-state index contributed by atoms with van der Waals surface area (Å²) in [5, 5.41) is 6.79. The van der Waals surface area contributed by atoms with Crippen molar-refractivity contribution in [2.24, 2.45) is 4.99 Å². The molecule has 1 saturated heterocycles. The zero-order chi connectivity index (χ0) is 16.4. The number of carbonyl (C=O) groups is 1. The zero-order valence-electron chi connectivity index (χ0n) is 15.1. The normalized spacial score (nSPS) is 18.0. The zero-order valence-corrected chi connectivity index (χ0v) is 17.4. The van der Waals surface area contributed by atoms with Crippen LogP contribution in [0.4, 0.5) is 0 Å². The first kappa shape index (κ1) is 22.4. The van der Waals surface area contributed by atoms with E-state index in [0.29, 0.717) is 12.5 Å². The van der Waals surface area contributed by atoms with E-state index >= 15 is 0 Å². The highest BCUT2D eigenvalue weighted by atomic mass is 127. The number of nitrogens with one attached hydrogen (secondary N) is 2. The number of carbonyl (C=O) groups excluding carboxylic acids is 1. The highest BCUT2D eigenvalue weighted by Crippen LogP contribution is 2.10. The van der Waals surface area contributed by atoms with Gasteiger partial charge in [-0.05, 0) is 32.5 Å². The van der Waals surface area contributed by atoms with Gasteiger partial charge in [-0.25, -0.2) is 0 Å². The molecule has 2 N–H and O–H groups in total. The summed E-state index contributed by atoms with van der Waals surface area (Å²) in [6, 6.07) is 0.310. The second-order valence-corrected chi connectivity index (χ2v) is 5.70. The van der Waals surface area contributed by atoms with E-state index in [2.05, 4.69) is 34.4 Å². The van der Waals surface area contributed by atoms with E-state index in [9.17, 15) is 4.79 Å². The van der Waals surface area contributed by atoms with Gasteiger partial charge in [-0.2, -0.15) is 0 Å². The number of nitrogens with zero attached hydrogens (tertiary/aromatic N) is 3. The Balaban J connectivity index is 0.00000484. The molecule has 0 saturated carbocycles. The molecule has 0 aromatic heterocycles. The lowest BCUT2D eigenvalue weighted by Gasteiger charge is -2.20. The number of likely N-dealkylation sites (tertiary alicyclic amines) is 1. The fourth-order valence-electron chi connectivity index (χ4n) is 2.77. The Hall–Kier alpha value is -0.570. The number of halogens is 1. The highest BCUT2D eigenvalue weighted by molar-refractivity contribution is 14.0. The Bertz CT molecular complexity index is 360. The maximum Gasteiger partial charge on any atom is 0.222 e. The SMILES string of the molecule is CCC(=O)N1CCC(NC(=NC)NCCCN(CC)CC)C1.I. The Labute approximate surface area is 158 Å². The summed E-state index contributed by atoms with van der Waals surface area (Å²) in [5.74, 6) is 1.09. The molecule has 0 bridgehead atoms. The van der Waals surface area contributed by atoms with Gasteiger partial charge in [0.2, 0.25) is 5.91 Å². The molecule has 1 unspecified atom stereocenters. The number of amides is 1. The lowest BCUT2D eigenvalue weighted by atomic mass is 10.3. The standard InChI is InChI=1S/C16H33N5O.HI/c1-5-15(22)21-12-9-14(13-21)19-16(17-4)18-10-8-11-20(6-2)7-3;/h14H,5-13H2,1-4H3,(H2,17,18,19);1H. The monoisotopic (exact) mass is 439 g/mol. The van der Waals surface area contributed by atoms with Gasteiger partial charge in [0.15, 0.2) is 5.96 Å². The molecule has 1 rings (SSSR count). The molecule has 0 radical (unpaired) electrons. The Morgan fingerprint density at radius 2 is 2.00 bits per heavy atom. The predicted molar refractivity (Wildman–Crippen MR) is 108 cm³/mol. The fraction of sp³-hybridized carbons (Fsp3) is 0.875. The number of hydrogen-bond acceptors (Lipinski definition) is 3. The molecule has 23 heavy (non-hydrogen) atoms. The van der Waals surface area contributed by atoms with Crippen LogP contribution in [0, 0.1) is 0 Å². The molecule has 0 spiro atoms. The van der Waals surface area contributed by atoms with Crippen molar-refractivity contribution in [3.63, 3.8) is 0 Å². The lowest BCUT2D eigenvalue weighted by Crippen LogP contribution is -2.45. The molecule has 1 fully saturated rings. The molecule has 7 heteroatoms. The minimum absolute atomic E-state index is 0. The van der Waals surface area contributed by atoms with E-state index in [0.717, 1.165) is 58.1 Å². The smallest absolute Gasteiger partial charge is 0.222 e. The van der Waals surface area contributed by atoms with Crippen LogP contribution in [0.25, 0.3) is 0 Å². The van der Waals surface area contributed by atoms with Gasteiger partial charge in [0.25, 0.3) is 0 Å². The first-order valence-corrected chi connectivity index (χ1v) is 8.61. The fourth-order valence-corrected chi connectivity index (χ4v) is 2.77. The Kier molecular flexibility index (Phi) is 12.5. The maximum absolute atomic E-state index is 11.7. The van der Waals surface area contributed by atoms with E-state index < -0.39 is 0 Å². The molecule has 1 amide bonds. The summed E-state index contributed by atoms with van der Waals surface area (Å²) >= 11 is 0. The third-order valence-corrected chi connectivity index (χ3v) is 4.25. The molecule has 1 atom stereocenters. The predicted octanol–water partition coefficient (Wildman–Crippen LogP) is 1.51. The van der Waals surface area contributed by atoms with Crippen molar-refractivity contribution in [2.45, 2.75) is 46.1 Å². The summed E-state index contributed by atoms with van der Waals surface area (Å²) in [5.41, 5.74) is 0. The average molecular weight is 439 g/mol. The molecule has 1 heterocycles. The van der Waals surface area contributed by atoms with Gasteiger partial charge >= 0.3 is 0 Å². The average Bonchev–Trinajstić information content (AvgIpc) is 3.01. The van der Waals surface area contributed by atoms with Crippen LogP contribution in [0.5, 0.6) is 0 Å². The maximum atomic E-state index is 11.7. The summed E-state index contributed by atoms with van der Waals surface area (Å²) in [6.45, 7) is 12.2. The van der Waals surface area contributed by atoms with Crippen LogP contribution in [0.15, 0.2) is 4.99 Å². The van der Waals surface area contributed by atoms with Gasteiger partial charge in [-0.3, -0.25) is 9.79 Å². The van der Waals surface area contributed by atoms with Gasteiger partial charge in [0, 0.05) is 39.1 Å². The van der Waals surface area contributed by atoms with Crippen molar-refractivity contribution in [3.8, 4) is 0 Å². The number of rotatable bonds is 8. The third-order valence-electron chi connectivity index (χ3n) is 4.25. The summed E-state index contributed by atoms with van der Waals surface area (Å²) < 4.78 is 0. The van der Waals surface area contributed by atoms with E-state index in [1.807, 2.05) is 11.8 Å². The molecular weight excluding hydrogens is 405 g/mol. The van der Waals surface area contributed by atoms with Crippen LogP contribution in [-0.4, -0.2) is 74.0 Å². The summed E-state index contributed by atoms with van der Waals surface area (Å²) in [7, 11) is 1.80. The number of hydrogen-bond donors (Lipinski definition) is 2. The van der Waals surface area contributed by atoms with Gasteiger partial charge in [0.05, 0.1) is 0 Å². The van der Waals surface area contributed by atoms with Gasteiger partial charge in [-0.15, -0.1) is 24.0 Å². The van der Waals surface area contributed by atoms with Crippen molar-refractivity contribution in [2.75, 3.05) is 46.3 Å². The third kappa shape index (κ3) is 8.19. The summed E-state index contributed by atoms with van der Waals surface area (Å²) in [4.78, 5) is 20.3. The van der Waals surface area contributed by atoms with Gasteiger partial charge < -0.3 is 20.4 Å². The van der Waals surface area contributed by atoms with Crippen molar-refractivity contribution >= 4 is 35.8 Å². The molecule has 1 aliphatic rings. The van der Waals surface area contributed by atoms with E-state index in [-0.39, 0.29) is 29.9 Å². The second-order valence-electron chi connectivity index (χ2n) is 5.70. The van der Waals surface area contributed by atoms with Crippen LogP contribution in [0.3, 0.4) is 0 Å². The van der Waals surface area contributed by atoms with Crippen molar-refractivity contribution in [1.29, 1.82) is 0 Å². The molecule has 6 nitrogen and oxygen atoms in total. The minimum atomic E-state index is 0. The van der Waals surface area contributed by atoms with Gasteiger partial charge in [-0.1, -0.05) is 20.8 Å². The van der Waals surface area contributed by atoms with Crippen LogP contribution in [-0.2, 0) is 4.79 Å². The molecule has 0 aromatic carbocycles. The largest absolute Gasteiger partial charge is 0.356 e. The van der Waals surface area contributed by atoms with Crippen molar-refractivity contribution in [3.05, 3.63) is 0 Å². The molecule has 1 aliphatic heterocycles. The molecule has 136 valence electrons. The minimum Gasteiger partial charge on any atom is -0.356 e. The van der Waals surface area contributed by atoms with E-state index in [4.69, 9.17) is 0 Å². The highest BCUT2D eigenvalue weighted by Gasteiger charge is 2.25. The number of aliphatic imine (C=N–C) groups is 1. The first-order valence-electron chi connectivity index (χ1n) is 8.61. The van der Waals surface area contributed by atoms with Gasteiger partial charge in [0.1, 0.15) is 0 Å². The first-order chi connectivity index (χ1) is 10.6. The van der Waals surface area contributed by atoms with E-state index in [1.165, 1.54) is 0 Å².